The molecule has 2 aromatic carbocycles. The summed E-state index contributed by atoms with van der Waals surface area (Å²) < 4.78 is 5.06. The van der Waals surface area contributed by atoms with E-state index in [1.807, 2.05) is 43.3 Å². The average Bonchev–Trinajstić information content (AvgIpc) is 3.22. The number of rotatable bonds is 6. The van der Waals surface area contributed by atoms with Gasteiger partial charge in [-0.15, -0.1) is 0 Å². The van der Waals surface area contributed by atoms with Crippen LogP contribution in [0.2, 0.25) is 0 Å². The number of nitrogens with one attached hydrogen (secondary N) is 2. The Hall–Kier alpha value is -3.54. The number of anilines is 2. The average molecular weight is 363 g/mol. The van der Waals surface area contributed by atoms with Gasteiger partial charge in [0, 0.05) is 37.6 Å². The highest BCUT2D eigenvalue weighted by atomic mass is 16.3. The van der Waals surface area contributed by atoms with Gasteiger partial charge in [0.05, 0.1) is 6.26 Å². The van der Waals surface area contributed by atoms with Crippen molar-refractivity contribution in [3.63, 3.8) is 0 Å². The van der Waals surface area contributed by atoms with Gasteiger partial charge in [0.15, 0.2) is 5.76 Å². The topological polar surface area (TPSA) is 74.6 Å². The number of furan rings is 1. The fraction of sp³-hybridized carbons (Fsp3) is 0.143. The maximum atomic E-state index is 12.3. The molecule has 2 N–H and O–H groups in total. The molecule has 0 aliphatic carbocycles. The minimum atomic E-state index is -0.303. The summed E-state index contributed by atoms with van der Waals surface area (Å²) in [7, 11) is 3.91. The van der Waals surface area contributed by atoms with Crippen molar-refractivity contribution in [1.29, 1.82) is 0 Å². The number of amides is 2. The molecule has 27 heavy (non-hydrogen) atoms. The molecule has 0 aliphatic heterocycles. The van der Waals surface area contributed by atoms with E-state index in [-0.39, 0.29) is 17.6 Å². The number of hydrogen-bond acceptors (Lipinski definition) is 4. The summed E-state index contributed by atoms with van der Waals surface area (Å²) in [4.78, 5) is 26.2. The molecule has 3 aromatic rings. The Morgan fingerprint density at radius 3 is 2.22 bits per heavy atom. The summed E-state index contributed by atoms with van der Waals surface area (Å²) >= 11 is 0. The third-order valence-electron chi connectivity index (χ3n) is 4.06. The maximum absolute atomic E-state index is 12.3. The highest BCUT2D eigenvalue weighted by Crippen LogP contribution is 2.14. The van der Waals surface area contributed by atoms with Gasteiger partial charge in [-0.25, -0.2) is 0 Å². The second-order valence-electron chi connectivity index (χ2n) is 6.25. The number of carbonyl (C=O) groups is 2. The lowest BCUT2D eigenvalue weighted by Gasteiger charge is -2.12. The molecule has 0 unspecified atom stereocenters. The fourth-order valence-corrected chi connectivity index (χ4v) is 2.50. The lowest BCUT2D eigenvalue weighted by molar-refractivity contribution is 0.0950. The van der Waals surface area contributed by atoms with Gasteiger partial charge in [0.25, 0.3) is 11.8 Å². The zero-order chi connectivity index (χ0) is 19.2. The van der Waals surface area contributed by atoms with Crippen LogP contribution in [0.1, 0.15) is 26.5 Å². The first-order valence-corrected chi connectivity index (χ1v) is 8.52. The van der Waals surface area contributed by atoms with Gasteiger partial charge >= 0.3 is 0 Å². The second kappa shape index (κ2) is 8.23. The molecule has 0 atom stereocenters. The molecule has 0 fully saturated rings. The van der Waals surface area contributed by atoms with Crippen molar-refractivity contribution in [3.05, 3.63) is 83.8 Å². The Labute approximate surface area is 157 Å². The van der Waals surface area contributed by atoms with Crippen LogP contribution in [0.4, 0.5) is 11.4 Å². The first kappa shape index (κ1) is 18.3. The molecule has 1 heterocycles. The zero-order valence-corrected chi connectivity index (χ0v) is 15.2. The molecule has 0 saturated carbocycles. The van der Waals surface area contributed by atoms with Crippen molar-refractivity contribution in [2.75, 3.05) is 24.3 Å². The van der Waals surface area contributed by atoms with Crippen molar-refractivity contribution in [2.45, 2.75) is 6.54 Å². The van der Waals surface area contributed by atoms with Crippen LogP contribution in [-0.4, -0.2) is 25.9 Å². The molecule has 3 rings (SSSR count). The molecule has 0 spiro atoms. The quantitative estimate of drug-likeness (QED) is 0.703. The smallest absolute Gasteiger partial charge is 0.291 e. The van der Waals surface area contributed by atoms with Gasteiger partial charge in [-0.2, -0.15) is 0 Å². The number of carbonyl (C=O) groups excluding carboxylic acids is 2. The SMILES string of the molecule is CN(C)c1ccc(C(=O)NCc2ccc(NC(=O)c3ccco3)cc2)cc1. The number of benzene rings is 2. The van der Waals surface area contributed by atoms with Crippen molar-refractivity contribution in [2.24, 2.45) is 0 Å². The summed E-state index contributed by atoms with van der Waals surface area (Å²) in [5.74, 6) is -0.177. The second-order valence-corrected chi connectivity index (χ2v) is 6.25. The molecule has 6 nitrogen and oxygen atoms in total. The highest BCUT2D eigenvalue weighted by Gasteiger charge is 2.09. The molecule has 2 amide bonds. The van der Waals surface area contributed by atoms with E-state index >= 15 is 0 Å². The molecule has 0 radical (unpaired) electrons. The van der Waals surface area contributed by atoms with Gasteiger partial charge in [-0.3, -0.25) is 9.59 Å². The van der Waals surface area contributed by atoms with Gasteiger partial charge < -0.3 is 20.0 Å². The Morgan fingerprint density at radius 1 is 0.926 bits per heavy atom. The molecular weight excluding hydrogens is 342 g/mol. The lowest BCUT2D eigenvalue weighted by Crippen LogP contribution is -2.22. The van der Waals surface area contributed by atoms with Crippen LogP contribution in [0.25, 0.3) is 0 Å². The molecule has 6 heteroatoms. The summed E-state index contributed by atoms with van der Waals surface area (Å²) in [6, 6.07) is 18.0. The minimum absolute atomic E-state index is 0.129. The predicted octanol–water partition coefficient (Wildman–Crippen LogP) is 3.53. The van der Waals surface area contributed by atoms with Crippen molar-refractivity contribution < 1.29 is 14.0 Å². The van der Waals surface area contributed by atoms with Crippen LogP contribution >= 0.6 is 0 Å². The molecule has 0 bridgehead atoms. The van der Waals surface area contributed by atoms with Gasteiger partial charge in [-0.1, -0.05) is 12.1 Å². The van der Waals surface area contributed by atoms with E-state index in [2.05, 4.69) is 10.6 Å². The Morgan fingerprint density at radius 2 is 1.63 bits per heavy atom. The Kier molecular flexibility index (Phi) is 5.56. The van der Waals surface area contributed by atoms with Crippen molar-refractivity contribution >= 4 is 23.2 Å². The first-order valence-electron chi connectivity index (χ1n) is 8.52. The largest absolute Gasteiger partial charge is 0.459 e. The van der Waals surface area contributed by atoms with E-state index in [0.717, 1.165) is 11.3 Å². The third-order valence-corrected chi connectivity index (χ3v) is 4.06. The standard InChI is InChI=1S/C21H21N3O3/c1-24(2)18-11-7-16(8-12-18)20(25)22-14-15-5-9-17(10-6-15)23-21(26)19-4-3-13-27-19/h3-13H,14H2,1-2H3,(H,22,25)(H,23,26). The monoisotopic (exact) mass is 363 g/mol. The van der Waals surface area contributed by atoms with Crippen LogP contribution in [0.5, 0.6) is 0 Å². The molecule has 138 valence electrons. The zero-order valence-electron chi connectivity index (χ0n) is 15.2. The van der Waals surface area contributed by atoms with Crippen molar-refractivity contribution in [3.8, 4) is 0 Å². The van der Waals surface area contributed by atoms with Gasteiger partial charge in [-0.05, 0) is 54.1 Å². The molecule has 1 aromatic heterocycles. The summed E-state index contributed by atoms with van der Waals surface area (Å²) in [5, 5.41) is 5.64. The van der Waals surface area contributed by atoms with E-state index in [4.69, 9.17) is 4.42 Å². The Balaban J connectivity index is 1.53. The summed E-state index contributed by atoms with van der Waals surface area (Å²) in [6.45, 7) is 0.403. The first-order chi connectivity index (χ1) is 13.0. The fourth-order valence-electron chi connectivity index (χ4n) is 2.50. The number of nitrogens with zero attached hydrogens (tertiary/aromatic N) is 1. The van der Waals surface area contributed by atoms with E-state index in [9.17, 15) is 9.59 Å². The van der Waals surface area contributed by atoms with Gasteiger partial charge in [0.1, 0.15) is 0 Å². The summed E-state index contributed by atoms with van der Waals surface area (Å²) in [5.41, 5.74) is 3.25. The number of hydrogen-bond donors (Lipinski definition) is 2. The van der Waals surface area contributed by atoms with E-state index < -0.39 is 0 Å². The minimum Gasteiger partial charge on any atom is -0.459 e. The summed E-state index contributed by atoms with van der Waals surface area (Å²) in [6.07, 6.45) is 1.45. The van der Waals surface area contributed by atoms with Crippen LogP contribution in [0.15, 0.2) is 71.3 Å². The predicted molar refractivity (Wildman–Crippen MR) is 105 cm³/mol. The molecular formula is C21H21N3O3. The third kappa shape index (κ3) is 4.76. The van der Waals surface area contributed by atoms with Gasteiger partial charge in [0.2, 0.25) is 0 Å². The lowest BCUT2D eigenvalue weighted by atomic mass is 10.1. The maximum Gasteiger partial charge on any atom is 0.291 e. The van der Waals surface area contributed by atoms with Crippen LogP contribution in [0.3, 0.4) is 0 Å². The molecule has 0 saturated heterocycles. The van der Waals surface area contributed by atoms with Crippen LogP contribution < -0.4 is 15.5 Å². The molecule has 0 aliphatic rings. The Bertz CT molecular complexity index is 899. The van der Waals surface area contributed by atoms with Crippen LogP contribution in [-0.2, 0) is 6.54 Å². The van der Waals surface area contributed by atoms with Crippen LogP contribution in [0, 0.1) is 0 Å². The van der Waals surface area contributed by atoms with E-state index in [1.54, 1.807) is 36.4 Å². The van der Waals surface area contributed by atoms with Crippen molar-refractivity contribution in [1.82, 2.24) is 5.32 Å². The van der Waals surface area contributed by atoms with E-state index in [1.165, 1.54) is 6.26 Å². The highest BCUT2D eigenvalue weighted by molar-refractivity contribution is 6.02. The van der Waals surface area contributed by atoms with E-state index in [0.29, 0.717) is 17.8 Å². The normalized spacial score (nSPS) is 10.3.